The first kappa shape index (κ1) is 38.5. The molecule has 3 aromatic rings. The maximum atomic E-state index is 11.8. The molecule has 0 radical (unpaired) electrons. The molecule has 0 aromatic heterocycles. The van der Waals surface area contributed by atoms with Crippen LogP contribution in [0, 0.1) is 22.2 Å². The van der Waals surface area contributed by atoms with Crippen LogP contribution < -0.4 is 10.3 Å². The number of nitriles is 1. The molecule has 0 unspecified atom stereocenters. The molecule has 5 rings (SSSR count). The van der Waals surface area contributed by atoms with Gasteiger partial charge in [-0.15, -0.1) is 11.8 Å². The molecule has 0 saturated heterocycles. The Kier molecular flexibility index (Phi) is 13.2. The van der Waals surface area contributed by atoms with E-state index in [0.717, 1.165) is 45.3 Å². The topological polar surface area (TPSA) is 187 Å². The summed E-state index contributed by atoms with van der Waals surface area (Å²) in [6.07, 6.45) is 1.42. The Morgan fingerprint density at radius 2 is 1.52 bits per heavy atom. The van der Waals surface area contributed by atoms with E-state index in [9.17, 15) is 38.7 Å². The maximum Gasteiger partial charge on any atom is 0.294 e. The molecule has 15 heteroatoms. The van der Waals surface area contributed by atoms with Gasteiger partial charge < -0.3 is 25.7 Å². The first-order valence-corrected chi connectivity index (χ1v) is 20.9. The number of rotatable bonds is 8. The van der Waals surface area contributed by atoms with Gasteiger partial charge in [0.2, 0.25) is 0 Å². The van der Waals surface area contributed by atoms with Crippen molar-refractivity contribution in [2.45, 2.75) is 28.7 Å². The van der Waals surface area contributed by atoms with Crippen LogP contribution in [0.2, 0.25) is 0 Å². The van der Waals surface area contributed by atoms with Crippen LogP contribution in [0.4, 0.5) is 11.4 Å². The molecule has 2 aliphatic heterocycles. The van der Waals surface area contributed by atoms with Crippen LogP contribution in [0.5, 0.6) is 0 Å². The van der Waals surface area contributed by atoms with Crippen molar-refractivity contribution in [2.24, 2.45) is 15.9 Å². The number of fused-ring (bicyclic) bond motifs is 1. The largest absolute Gasteiger partial charge is 0.396 e. The normalized spacial score (nSPS) is 20.0. The molecule has 0 amide bonds. The van der Waals surface area contributed by atoms with E-state index in [-0.39, 0.29) is 37.4 Å². The van der Waals surface area contributed by atoms with E-state index < -0.39 is 20.9 Å². The van der Waals surface area contributed by atoms with E-state index >= 15 is 0 Å². The van der Waals surface area contributed by atoms with Crippen molar-refractivity contribution < 1.29 is 33.4 Å². The average Bonchev–Trinajstić information content (AvgIpc) is 3.59. The van der Waals surface area contributed by atoms with Crippen LogP contribution in [-0.2, 0) is 10.1 Å². The van der Waals surface area contributed by atoms with Crippen LogP contribution >= 0.6 is 35.3 Å². The van der Waals surface area contributed by atoms with Gasteiger partial charge in [0, 0.05) is 51.6 Å². The highest BCUT2D eigenvalue weighted by Crippen LogP contribution is 2.42. The van der Waals surface area contributed by atoms with Crippen LogP contribution in [0.15, 0.2) is 81.6 Å². The Bertz CT molecular complexity index is 1780. The molecule has 11 nitrogen and oxygen atoms in total. The quantitative estimate of drug-likeness (QED) is 0.177. The Balaban J connectivity index is 1.54. The lowest BCUT2D eigenvalue weighted by atomic mass is 9.92. The lowest BCUT2D eigenvalue weighted by Gasteiger charge is -2.31. The van der Waals surface area contributed by atoms with E-state index in [1.165, 1.54) is 23.9 Å². The van der Waals surface area contributed by atoms with Gasteiger partial charge >= 0.3 is 0 Å². The van der Waals surface area contributed by atoms with Crippen molar-refractivity contribution in [2.75, 3.05) is 72.1 Å². The number of thioether (sulfide) groups is 3. The molecule has 1 atom stereocenters. The molecule has 0 saturated carbocycles. The average molecular weight is 759 g/mol. The maximum absolute atomic E-state index is 11.8. The summed E-state index contributed by atoms with van der Waals surface area (Å²) in [5.41, 5.74) is 2.99. The molecule has 0 aliphatic carbocycles. The minimum absolute atomic E-state index is 0.170. The predicted octanol–water partition coefficient (Wildman–Crippen LogP) is 4.48. The van der Waals surface area contributed by atoms with Crippen LogP contribution in [-0.4, -0.2) is 101 Å². The first-order chi connectivity index (χ1) is 24.1. The van der Waals surface area contributed by atoms with Crippen molar-refractivity contribution in [3.8, 4) is 6.07 Å². The second-order valence-corrected chi connectivity index (χ2v) is 17.4. The third kappa shape index (κ3) is 9.17. The SMILES string of the molecule is N#Cc1ccc(C2=NN(c3ccc(S(=O)(=O)O)cc3)[C@H](c3ccc4c(c3)SCC(CO)(CO)CSCCCSCC(CO)(CO)CN4)C2)cc1. The van der Waals surface area contributed by atoms with Crippen molar-refractivity contribution in [3.05, 3.63) is 83.4 Å². The van der Waals surface area contributed by atoms with Gasteiger partial charge in [-0.05, 0) is 77.6 Å². The summed E-state index contributed by atoms with van der Waals surface area (Å²) in [6.45, 7) is -0.367. The van der Waals surface area contributed by atoms with E-state index in [1.54, 1.807) is 47.8 Å². The number of nitrogens with zero attached hydrogens (tertiary/aromatic N) is 3. The highest BCUT2D eigenvalue weighted by molar-refractivity contribution is 8.00. The minimum atomic E-state index is -4.39. The summed E-state index contributed by atoms with van der Waals surface area (Å²) < 4.78 is 33.1. The van der Waals surface area contributed by atoms with Crippen molar-refractivity contribution in [1.29, 1.82) is 5.26 Å². The fourth-order valence-corrected chi connectivity index (χ4v) is 10.1. The summed E-state index contributed by atoms with van der Waals surface area (Å²) in [7, 11) is -4.39. The van der Waals surface area contributed by atoms with Gasteiger partial charge in [0.1, 0.15) is 0 Å². The van der Waals surface area contributed by atoms with Crippen molar-refractivity contribution in [3.63, 3.8) is 0 Å². The number of aliphatic hydroxyl groups is 4. The third-order valence-corrected chi connectivity index (χ3v) is 14.0. The Morgan fingerprint density at radius 3 is 2.12 bits per heavy atom. The van der Waals surface area contributed by atoms with Gasteiger partial charge in [0.15, 0.2) is 0 Å². The van der Waals surface area contributed by atoms with Crippen molar-refractivity contribution in [1.82, 2.24) is 0 Å². The summed E-state index contributed by atoms with van der Waals surface area (Å²) in [5, 5.41) is 61.1. The van der Waals surface area contributed by atoms with Gasteiger partial charge in [-0.25, -0.2) is 0 Å². The van der Waals surface area contributed by atoms with Crippen LogP contribution in [0.25, 0.3) is 0 Å². The molecule has 50 heavy (non-hydrogen) atoms. The number of hydrogen-bond acceptors (Lipinski definition) is 13. The summed E-state index contributed by atoms with van der Waals surface area (Å²) in [6, 6.07) is 20.8. The fourth-order valence-electron chi connectivity index (χ4n) is 5.63. The van der Waals surface area contributed by atoms with E-state index in [0.29, 0.717) is 41.5 Å². The summed E-state index contributed by atoms with van der Waals surface area (Å²) in [4.78, 5) is 0.631. The number of hydrogen-bond donors (Lipinski definition) is 6. The zero-order valence-electron chi connectivity index (χ0n) is 27.4. The van der Waals surface area contributed by atoms with E-state index in [2.05, 4.69) is 11.4 Å². The summed E-state index contributed by atoms with van der Waals surface area (Å²) in [5.74, 6) is 3.36. The molecule has 0 spiro atoms. The number of nitrogens with one attached hydrogen (secondary N) is 1. The van der Waals surface area contributed by atoms with E-state index in [4.69, 9.17) is 5.10 Å². The number of benzene rings is 3. The van der Waals surface area contributed by atoms with E-state index in [1.807, 2.05) is 35.3 Å². The molecule has 0 fully saturated rings. The van der Waals surface area contributed by atoms with Gasteiger partial charge in [-0.2, -0.15) is 42.3 Å². The second kappa shape index (κ2) is 17.2. The first-order valence-electron chi connectivity index (χ1n) is 16.1. The lowest BCUT2D eigenvalue weighted by Crippen LogP contribution is -2.40. The third-order valence-electron chi connectivity index (χ3n) is 8.97. The monoisotopic (exact) mass is 758 g/mol. The minimum Gasteiger partial charge on any atom is -0.396 e. The molecule has 3 aromatic carbocycles. The molecule has 2 aliphatic rings. The molecule has 2 heterocycles. The Labute approximate surface area is 305 Å². The molecular weight excluding hydrogens is 717 g/mol. The number of anilines is 2. The zero-order valence-corrected chi connectivity index (χ0v) is 30.7. The lowest BCUT2D eigenvalue weighted by molar-refractivity contribution is 0.0845. The van der Waals surface area contributed by atoms with Gasteiger partial charge in [-0.3, -0.25) is 9.56 Å². The van der Waals surface area contributed by atoms with Gasteiger partial charge in [0.05, 0.1) is 60.4 Å². The highest BCUT2D eigenvalue weighted by Gasteiger charge is 2.34. The standard InChI is InChI=1S/C35H42N4O7S4/c36-16-25-2-4-26(5-3-25)31-15-32(39(38-31)28-7-9-29(10-8-28)50(44,45)46)27-6-11-30-33(14-27)49-24-35(20-42,21-43)23-48-13-1-12-47-22-34(18-40,19-41)17-37-30/h2-11,14,32,37,40-43H,1,12-13,15,17-24H2,(H,44,45,46)/t32-/m0/s1. The number of aliphatic hydroxyl groups excluding tert-OH is 4. The fraction of sp³-hybridized carbons (Fsp3) is 0.429. The smallest absolute Gasteiger partial charge is 0.294 e. The van der Waals surface area contributed by atoms with Gasteiger partial charge in [0.25, 0.3) is 10.1 Å². The Hall–Kier alpha value is -2.78. The molecule has 0 bridgehead atoms. The number of hydrazone groups is 1. The van der Waals surface area contributed by atoms with Crippen LogP contribution in [0.1, 0.15) is 35.6 Å². The zero-order chi connectivity index (χ0) is 35.8. The summed E-state index contributed by atoms with van der Waals surface area (Å²) >= 11 is 4.92. The molecular formula is C35H42N4O7S4. The van der Waals surface area contributed by atoms with Crippen molar-refractivity contribution >= 4 is 62.5 Å². The Morgan fingerprint density at radius 1 is 0.880 bits per heavy atom. The highest BCUT2D eigenvalue weighted by atomic mass is 32.2. The molecule has 6 N–H and O–H groups in total. The van der Waals surface area contributed by atoms with Crippen LogP contribution in [0.3, 0.4) is 0 Å². The van der Waals surface area contributed by atoms with Gasteiger partial charge in [-0.1, -0.05) is 18.2 Å². The predicted molar refractivity (Wildman–Crippen MR) is 202 cm³/mol. The second-order valence-electron chi connectivity index (χ2n) is 12.8. The molecule has 268 valence electrons.